The molecule has 3 atom stereocenters. The molecule has 0 aromatic rings. The first-order valence-electron chi connectivity index (χ1n) is 10.4. The topological polar surface area (TPSA) is 79.0 Å². The maximum Gasteiger partial charge on any atom is 0.153 e. The fourth-order valence-electron chi connectivity index (χ4n) is 3.59. The Kier molecular flexibility index (Phi) is 12.0. The van der Waals surface area contributed by atoms with Crippen LogP contribution in [0.4, 0.5) is 0 Å². The Balaban J connectivity index is 2.79. The van der Waals surface area contributed by atoms with E-state index in [4.69, 9.17) is 11.1 Å². The largest absolute Gasteiger partial charge is 0.324 e. The predicted octanol–water partition coefficient (Wildman–Crippen LogP) is 4.37. The standard InChI is InChI=1S/C24H37N3O/c1-4-9-21(18-27-15-7-6-14-25)13-12-20-11-8-10-19(3)23(16-20)22(5-2)24(28)17-26/h4,6-11,14,16,19,21-22,25,27H,5,12-13,15,17-18,26H2,1-3H3/b7-6-,9-4-,25-14?. The number of hydrogen-bond donors (Lipinski definition) is 3. The highest BCUT2D eigenvalue weighted by molar-refractivity contribution is 5.85. The second-order valence-corrected chi connectivity index (χ2v) is 7.27. The summed E-state index contributed by atoms with van der Waals surface area (Å²) in [6, 6.07) is 0. The fraction of sp³-hybridized carbons (Fsp3) is 0.500. The number of ketones is 1. The quantitative estimate of drug-likeness (QED) is 0.251. The molecule has 0 saturated heterocycles. The normalized spacial score (nSPS) is 19.4. The zero-order valence-electron chi connectivity index (χ0n) is 17.7. The van der Waals surface area contributed by atoms with Crippen LogP contribution in [-0.2, 0) is 4.79 Å². The van der Waals surface area contributed by atoms with Crippen LogP contribution < -0.4 is 11.1 Å². The van der Waals surface area contributed by atoms with Gasteiger partial charge in [0, 0.05) is 25.2 Å². The summed E-state index contributed by atoms with van der Waals surface area (Å²) in [5.74, 6) is 0.750. The summed E-state index contributed by atoms with van der Waals surface area (Å²) in [6.07, 6.45) is 20.9. The molecule has 0 amide bonds. The summed E-state index contributed by atoms with van der Waals surface area (Å²) < 4.78 is 0. The molecule has 4 heteroatoms. The zero-order valence-corrected chi connectivity index (χ0v) is 17.7. The minimum absolute atomic E-state index is 0.0835. The summed E-state index contributed by atoms with van der Waals surface area (Å²) >= 11 is 0. The van der Waals surface area contributed by atoms with Gasteiger partial charge >= 0.3 is 0 Å². The van der Waals surface area contributed by atoms with Crippen molar-refractivity contribution in [2.45, 2.75) is 40.0 Å². The summed E-state index contributed by atoms with van der Waals surface area (Å²) in [6.45, 7) is 8.05. The Morgan fingerprint density at radius 3 is 2.86 bits per heavy atom. The van der Waals surface area contributed by atoms with E-state index in [9.17, 15) is 4.79 Å². The van der Waals surface area contributed by atoms with Crippen LogP contribution in [0.25, 0.3) is 0 Å². The molecule has 0 spiro atoms. The zero-order chi connectivity index (χ0) is 20.8. The number of hydrogen-bond acceptors (Lipinski definition) is 4. The van der Waals surface area contributed by atoms with Crippen LogP contribution >= 0.6 is 0 Å². The van der Waals surface area contributed by atoms with Gasteiger partial charge in [-0.15, -0.1) is 0 Å². The number of Topliss-reactive ketones (excluding diaryl/α,β-unsaturated/α-hetero) is 1. The Morgan fingerprint density at radius 1 is 1.43 bits per heavy atom. The highest BCUT2D eigenvalue weighted by atomic mass is 16.1. The van der Waals surface area contributed by atoms with Gasteiger partial charge < -0.3 is 16.5 Å². The first-order chi connectivity index (χ1) is 13.6. The molecule has 0 radical (unpaired) electrons. The van der Waals surface area contributed by atoms with Gasteiger partial charge in [0.2, 0.25) is 0 Å². The van der Waals surface area contributed by atoms with Gasteiger partial charge in [0.15, 0.2) is 5.78 Å². The van der Waals surface area contributed by atoms with Crippen molar-refractivity contribution in [3.05, 3.63) is 59.8 Å². The average molecular weight is 384 g/mol. The molecule has 1 aliphatic rings. The molecular weight excluding hydrogens is 346 g/mol. The third-order valence-corrected chi connectivity index (χ3v) is 5.16. The van der Waals surface area contributed by atoms with Crippen LogP contribution in [0.3, 0.4) is 0 Å². The van der Waals surface area contributed by atoms with E-state index in [2.05, 4.69) is 62.5 Å². The number of carbonyl (C=O) groups is 1. The molecule has 4 nitrogen and oxygen atoms in total. The predicted molar refractivity (Wildman–Crippen MR) is 121 cm³/mol. The van der Waals surface area contributed by atoms with Crippen molar-refractivity contribution >= 4 is 12.0 Å². The van der Waals surface area contributed by atoms with Crippen LogP contribution in [0, 0.1) is 23.2 Å². The second-order valence-electron chi connectivity index (χ2n) is 7.27. The summed E-state index contributed by atoms with van der Waals surface area (Å²) in [5.41, 5.74) is 8.11. The lowest BCUT2D eigenvalue weighted by Gasteiger charge is -2.21. The van der Waals surface area contributed by atoms with Crippen LogP contribution in [0.2, 0.25) is 0 Å². The highest BCUT2D eigenvalue weighted by Crippen LogP contribution is 2.30. The smallest absolute Gasteiger partial charge is 0.153 e. The molecule has 0 aromatic heterocycles. The molecule has 1 aliphatic carbocycles. The van der Waals surface area contributed by atoms with Crippen molar-refractivity contribution in [2.24, 2.45) is 23.5 Å². The number of allylic oxidation sites excluding steroid dienone is 8. The average Bonchev–Trinajstić information content (AvgIpc) is 2.88. The maximum absolute atomic E-state index is 12.3. The van der Waals surface area contributed by atoms with Gasteiger partial charge in [-0.05, 0) is 49.7 Å². The number of nitrogens with one attached hydrogen (secondary N) is 2. The lowest BCUT2D eigenvalue weighted by atomic mass is 9.83. The van der Waals surface area contributed by atoms with Crippen LogP contribution in [0.1, 0.15) is 40.0 Å². The molecule has 0 aromatic carbocycles. The lowest BCUT2D eigenvalue weighted by Crippen LogP contribution is -2.26. The van der Waals surface area contributed by atoms with Crippen molar-refractivity contribution in [1.82, 2.24) is 5.32 Å². The summed E-state index contributed by atoms with van der Waals surface area (Å²) in [4.78, 5) is 12.3. The van der Waals surface area contributed by atoms with Gasteiger partial charge in [-0.1, -0.05) is 62.0 Å². The van der Waals surface area contributed by atoms with E-state index in [0.717, 1.165) is 32.4 Å². The minimum Gasteiger partial charge on any atom is -0.324 e. The van der Waals surface area contributed by atoms with E-state index < -0.39 is 0 Å². The SMILES string of the molecule is C/C=C\C(CCC1=CC=CC(C)C(C(CC)C(=O)CN)=C1)CNC/C=C\C=N. The van der Waals surface area contributed by atoms with E-state index in [1.807, 2.05) is 6.08 Å². The van der Waals surface area contributed by atoms with Crippen LogP contribution in [0.15, 0.2) is 59.8 Å². The van der Waals surface area contributed by atoms with Gasteiger partial charge in [-0.3, -0.25) is 4.79 Å². The monoisotopic (exact) mass is 383 g/mol. The third kappa shape index (κ3) is 8.32. The maximum atomic E-state index is 12.3. The van der Waals surface area contributed by atoms with Crippen LogP contribution in [0.5, 0.6) is 0 Å². The van der Waals surface area contributed by atoms with Gasteiger partial charge in [0.05, 0.1) is 6.54 Å². The Bertz CT molecular complexity index is 640. The lowest BCUT2D eigenvalue weighted by molar-refractivity contribution is -0.120. The van der Waals surface area contributed by atoms with Gasteiger partial charge in [-0.2, -0.15) is 0 Å². The molecule has 3 unspecified atom stereocenters. The van der Waals surface area contributed by atoms with Crippen molar-refractivity contribution in [3.63, 3.8) is 0 Å². The molecule has 0 heterocycles. The molecule has 4 N–H and O–H groups in total. The number of nitrogens with two attached hydrogens (primary N) is 1. The number of rotatable bonds is 13. The molecule has 0 bridgehead atoms. The summed E-state index contributed by atoms with van der Waals surface area (Å²) in [5, 5.41) is 10.4. The minimum atomic E-state index is -0.0835. The first kappa shape index (κ1) is 24.0. The van der Waals surface area contributed by atoms with Gasteiger partial charge in [-0.25, -0.2) is 0 Å². The number of carbonyl (C=O) groups excluding carboxylic acids is 1. The third-order valence-electron chi connectivity index (χ3n) is 5.16. The first-order valence-corrected chi connectivity index (χ1v) is 10.4. The fourth-order valence-corrected chi connectivity index (χ4v) is 3.59. The molecule has 0 saturated carbocycles. The van der Waals surface area contributed by atoms with Gasteiger partial charge in [0.1, 0.15) is 0 Å². The Morgan fingerprint density at radius 2 is 2.21 bits per heavy atom. The van der Waals surface area contributed by atoms with E-state index in [-0.39, 0.29) is 24.2 Å². The summed E-state index contributed by atoms with van der Waals surface area (Å²) in [7, 11) is 0. The Hall–Kier alpha value is -2.04. The molecule has 154 valence electrons. The molecular formula is C24H37N3O. The highest BCUT2D eigenvalue weighted by Gasteiger charge is 2.23. The van der Waals surface area contributed by atoms with Crippen molar-refractivity contribution in [1.29, 1.82) is 5.41 Å². The van der Waals surface area contributed by atoms with Crippen molar-refractivity contribution in [3.8, 4) is 0 Å². The van der Waals surface area contributed by atoms with E-state index >= 15 is 0 Å². The second kappa shape index (κ2) is 14.0. The van der Waals surface area contributed by atoms with E-state index in [0.29, 0.717) is 5.92 Å². The Labute approximate surface area is 170 Å². The van der Waals surface area contributed by atoms with Crippen molar-refractivity contribution in [2.75, 3.05) is 19.6 Å². The van der Waals surface area contributed by atoms with E-state index in [1.54, 1.807) is 6.08 Å². The van der Waals surface area contributed by atoms with Crippen molar-refractivity contribution < 1.29 is 4.79 Å². The van der Waals surface area contributed by atoms with Crippen LogP contribution in [-0.4, -0.2) is 31.6 Å². The molecule has 28 heavy (non-hydrogen) atoms. The molecule has 0 aliphatic heterocycles. The molecule has 1 rings (SSSR count). The van der Waals surface area contributed by atoms with E-state index in [1.165, 1.54) is 17.4 Å². The van der Waals surface area contributed by atoms with Gasteiger partial charge in [0.25, 0.3) is 0 Å². The molecule has 0 fully saturated rings.